The summed E-state index contributed by atoms with van der Waals surface area (Å²) in [4.78, 5) is 22.6. The Labute approximate surface area is 94.7 Å². The Morgan fingerprint density at radius 3 is 2.75 bits per heavy atom. The SMILES string of the molecule is CCC1(CNC(=O)C2=NNC(=O)CC2)CC1. The fourth-order valence-electron chi connectivity index (χ4n) is 1.84. The molecule has 0 atom stereocenters. The number of carbonyl (C=O) groups excluding carboxylic acids is 2. The van der Waals surface area contributed by atoms with Crippen LogP contribution >= 0.6 is 0 Å². The van der Waals surface area contributed by atoms with E-state index in [0.29, 0.717) is 24.0 Å². The number of hydrogen-bond donors (Lipinski definition) is 2. The third kappa shape index (κ3) is 2.40. The van der Waals surface area contributed by atoms with E-state index in [9.17, 15) is 9.59 Å². The van der Waals surface area contributed by atoms with Gasteiger partial charge in [-0.05, 0) is 24.7 Å². The maximum atomic E-state index is 11.7. The lowest BCUT2D eigenvalue weighted by molar-refractivity contribution is -0.121. The first-order chi connectivity index (χ1) is 7.65. The molecule has 1 aliphatic carbocycles. The molecule has 0 aromatic rings. The van der Waals surface area contributed by atoms with Crippen LogP contribution in [0.3, 0.4) is 0 Å². The summed E-state index contributed by atoms with van der Waals surface area (Å²) in [5.41, 5.74) is 3.11. The summed E-state index contributed by atoms with van der Waals surface area (Å²) >= 11 is 0. The molecule has 1 saturated carbocycles. The van der Waals surface area contributed by atoms with Crippen molar-refractivity contribution in [2.24, 2.45) is 10.5 Å². The zero-order chi connectivity index (χ0) is 11.6. The Bertz CT molecular complexity index is 345. The Morgan fingerprint density at radius 1 is 1.50 bits per heavy atom. The number of nitrogens with one attached hydrogen (secondary N) is 2. The Balaban J connectivity index is 1.82. The van der Waals surface area contributed by atoms with Crippen LogP contribution < -0.4 is 10.7 Å². The van der Waals surface area contributed by atoms with Crippen LogP contribution in [0.25, 0.3) is 0 Å². The maximum Gasteiger partial charge on any atom is 0.267 e. The van der Waals surface area contributed by atoms with Crippen LogP contribution in [0.4, 0.5) is 0 Å². The van der Waals surface area contributed by atoms with Crippen molar-refractivity contribution >= 4 is 17.5 Å². The molecule has 5 heteroatoms. The van der Waals surface area contributed by atoms with E-state index >= 15 is 0 Å². The predicted molar refractivity (Wildman–Crippen MR) is 59.8 cm³/mol. The van der Waals surface area contributed by atoms with Gasteiger partial charge in [0, 0.05) is 19.4 Å². The third-order valence-corrected chi connectivity index (χ3v) is 3.50. The molecule has 0 radical (unpaired) electrons. The van der Waals surface area contributed by atoms with Gasteiger partial charge in [0.1, 0.15) is 5.71 Å². The molecule has 16 heavy (non-hydrogen) atoms. The number of hydrazone groups is 1. The predicted octanol–water partition coefficient (Wildman–Crippen LogP) is 0.559. The molecule has 0 aromatic heterocycles. The molecule has 2 rings (SSSR count). The highest BCUT2D eigenvalue weighted by Gasteiger charge is 2.40. The summed E-state index contributed by atoms with van der Waals surface area (Å²) in [5.74, 6) is -0.261. The Kier molecular flexibility index (Phi) is 2.94. The quantitative estimate of drug-likeness (QED) is 0.731. The van der Waals surface area contributed by atoms with Gasteiger partial charge in [-0.15, -0.1) is 0 Å². The maximum absolute atomic E-state index is 11.7. The second-order valence-electron chi connectivity index (χ2n) is 4.63. The largest absolute Gasteiger partial charge is 0.350 e. The number of amides is 2. The lowest BCUT2D eigenvalue weighted by Crippen LogP contribution is -2.39. The van der Waals surface area contributed by atoms with Crippen LogP contribution in [0.5, 0.6) is 0 Å². The van der Waals surface area contributed by atoms with Gasteiger partial charge in [0.2, 0.25) is 5.91 Å². The zero-order valence-electron chi connectivity index (χ0n) is 9.51. The minimum Gasteiger partial charge on any atom is -0.350 e. The van der Waals surface area contributed by atoms with E-state index in [4.69, 9.17) is 0 Å². The normalized spacial score (nSPS) is 22.1. The first-order valence-corrected chi connectivity index (χ1v) is 5.79. The summed E-state index contributed by atoms with van der Waals surface area (Å²) in [6.07, 6.45) is 4.30. The average molecular weight is 223 g/mol. The minimum atomic E-state index is -0.139. The van der Waals surface area contributed by atoms with Crippen molar-refractivity contribution in [2.45, 2.75) is 39.0 Å². The van der Waals surface area contributed by atoms with Crippen LogP contribution in [-0.4, -0.2) is 24.1 Å². The lowest BCUT2D eigenvalue weighted by atomic mass is 10.0. The van der Waals surface area contributed by atoms with Gasteiger partial charge in [0.05, 0.1) is 0 Å². The van der Waals surface area contributed by atoms with Crippen molar-refractivity contribution in [1.82, 2.24) is 10.7 Å². The van der Waals surface area contributed by atoms with E-state index in [2.05, 4.69) is 22.8 Å². The minimum absolute atomic E-state index is 0.122. The molecule has 2 N–H and O–H groups in total. The smallest absolute Gasteiger partial charge is 0.267 e. The van der Waals surface area contributed by atoms with E-state index in [1.165, 1.54) is 12.8 Å². The van der Waals surface area contributed by atoms with Crippen molar-refractivity contribution in [3.05, 3.63) is 0 Å². The van der Waals surface area contributed by atoms with E-state index in [0.717, 1.165) is 13.0 Å². The fourth-order valence-corrected chi connectivity index (χ4v) is 1.84. The molecule has 5 nitrogen and oxygen atoms in total. The Hall–Kier alpha value is -1.39. The summed E-state index contributed by atoms with van der Waals surface area (Å²) in [6.45, 7) is 2.88. The highest BCUT2D eigenvalue weighted by atomic mass is 16.2. The van der Waals surface area contributed by atoms with Gasteiger partial charge in [-0.25, -0.2) is 5.43 Å². The molecule has 2 amide bonds. The standard InChI is InChI=1S/C11H17N3O2/c1-2-11(5-6-11)7-12-10(16)8-3-4-9(15)14-13-8/h2-7H2,1H3,(H,12,16)(H,14,15). The highest BCUT2D eigenvalue weighted by Crippen LogP contribution is 2.47. The monoisotopic (exact) mass is 223 g/mol. The summed E-state index contributed by atoms with van der Waals surface area (Å²) in [6, 6.07) is 0. The van der Waals surface area contributed by atoms with Crippen molar-refractivity contribution in [3.63, 3.8) is 0 Å². The van der Waals surface area contributed by atoms with Gasteiger partial charge < -0.3 is 5.32 Å². The zero-order valence-corrected chi connectivity index (χ0v) is 9.51. The van der Waals surface area contributed by atoms with Gasteiger partial charge >= 0.3 is 0 Å². The van der Waals surface area contributed by atoms with Crippen molar-refractivity contribution < 1.29 is 9.59 Å². The van der Waals surface area contributed by atoms with Crippen LogP contribution in [0.15, 0.2) is 5.10 Å². The van der Waals surface area contributed by atoms with Crippen molar-refractivity contribution in [2.75, 3.05) is 6.54 Å². The first kappa shape index (κ1) is 11.1. The van der Waals surface area contributed by atoms with Crippen molar-refractivity contribution in [3.8, 4) is 0 Å². The topological polar surface area (TPSA) is 70.6 Å². The summed E-state index contributed by atoms with van der Waals surface area (Å²) in [7, 11) is 0. The number of carbonyl (C=O) groups is 2. The Morgan fingerprint density at radius 2 is 2.25 bits per heavy atom. The van der Waals surface area contributed by atoms with Crippen LogP contribution in [0.1, 0.15) is 39.0 Å². The summed E-state index contributed by atoms with van der Waals surface area (Å²) in [5, 5.41) is 6.66. The van der Waals surface area contributed by atoms with Gasteiger partial charge in [-0.2, -0.15) is 5.10 Å². The molecule has 88 valence electrons. The molecule has 0 spiro atoms. The van der Waals surface area contributed by atoms with Gasteiger partial charge in [0.15, 0.2) is 0 Å². The third-order valence-electron chi connectivity index (χ3n) is 3.50. The molecule has 1 aliphatic heterocycles. The van der Waals surface area contributed by atoms with Gasteiger partial charge in [-0.3, -0.25) is 9.59 Å². The number of rotatable bonds is 4. The van der Waals surface area contributed by atoms with Crippen LogP contribution in [-0.2, 0) is 9.59 Å². The number of nitrogens with zero attached hydrogens (tertiary/aromatic N) is 1. The molecule has 0 bridgehead atoms. The van der Waals surface area contributed by atoms with Crippen LogP contribution in [0.2, 0.25) is 0 Å². The van der Waals surface area contributed by atoms with E-state index in [1.54, 1.807) is 0 Å². The second kappa shape index (κ2) is 4.23. The molecule has 2 aliphatic rings. The van der Waals surface area contributed by atoms with E-state index in [1.807, 2.05) is 0 Å². The van der Waals surface area contributed by atoms with E-state index < -0.39 is 0 Å². The molecular formula is C11H17N3O2. The molecular weight excluding hydrogens is 206 g/mol. The summed E-state index contributed by atoms with van der Waals surface area (Å²) < 4.78 is 0. The first-order valence-electron chi connectivity index (χ1n) is 5.79. The highest BCUT2D eigenvalue weighted by molar-refractivity contribution is 6.39. The molecule has 0 saturated heterocycles. The molecule has 0 aromatic carbocycles. The van der Waals surface area contributed by atoms with Gasteiger partial charge in [0.25, 0.3) is 5.91 Å². The van der Waals surface area contributed by atoms with E-state index in [-0.39, 0.29) is 11.8 Å². The fraction of sp³-hybridized carbons (Fsp3) is 0.727. The molecule has 0 unspecified atom stereocenters. The molecule has 1 heterocycles. The van der Waals surface area contributed by atoms with Gasteiger partial charge in [-0.1, -0.05) is 6.92 Å². The lowest BCUT2D eigenvalue weighted by Gasteiger charge is -2.15. The second-order valence-corrected chi connectivity index (χ2v) is 4.63. The molecule has 1 fully saturated rings. The average Bonchev–Trinajstić information content (AvgIpc) is 3.08. The van der Waals surface area contributed by atoms with Crippen LogP contribution in [0, 0.1) is 5.41 Å². The van der Waals surface area contributed by atoms with Crippen molar-refractivity contribution in [1.29, 1.82) is 0 Å². The number of hydrogen-bond acceptors (Lipinski definition) is 3.